The van der Waals surface area contributed by atoms with Crippen molar-refractivity contribution in [1.29, 1.82) is 0 Å². The Bertz CT molecular complexity index is 772. The third kappa shape index (κ3) is 2.34. The van der Waals surface area contributed by atoms with Gasteiger partial charge in [-0.1, -0.05) is 17.8 Å². The number of furan rings is 1. The maximum atomic E-state index is 13.0. The first kappa shape index (κ1) is 13.3. The minimum atomic E-state index is -0.213. The number of hydrogen-bond donors (Lipinski definition) is 0. The number of hydrogen-bond acceptors (Lipinski definition) is 2. The molecule has 0 N–H and O–H groups in total. The molecule has 0 amide bonds. The van der Waals surface area contributed by atoms with Crippen LogP contribution in [0.2, 0.25) is 0 Å². The Labute approximate surface area is 121 Å². The van der Waals surface area contributed by atoms with Crippen LogP contribution in [-0.2, 0) is 0 Å². The van der Waals surface area contributed by atoms with Crippen molar-refractivity contribution in [3.05, 3.63) is 59.1 Å². The summed E-state index contributed by atoms with van der Waals surface area (Å²) >= 11 is 1.62. The van der Waals surface area contributed by atoms with Crippen LogP contribution in [0, 0.1) is 26.6 Å². The summed E-state index contributed by atoms with van der Waals surface area (Å²) in [5, 5.41) is 1.13. The molecular weight excluding hydrogens is 271 g/mol. The van der Waals surface area contributed by atoms with Crippen LogP contribution >= 0.6 is 11.8 Å². The smallest absolute Gasteiger partial charge is 0.138 e. The van der Waals surface area contributed by atoms with E-state index in [1.807, 2.05) is 6.92 Å². The summed E-state index contributed by atoms with van der Waals surface area (Å²) in [6, 6.07) is 10.8. The first-order chi connectivity index (χ1) is 9.54. The molecular formula is C17H15FOS. The van der Waals surface area contributed by atoms with Crippen LogP contribution in [0.15, 0.2) is 50.6 Å². The SMILES string of the molecule is Cc1cc(C)c2oc(C)c(Sc3ccc(F)cc3)c2c1. The number of rotatable bonds is 2. The normalized spacial score (nSPS) is 11.2. The highest BCUT2D eigenvalue weighted by Crippen LogP contribution is 2.39. The molecule has 3 heteroatoms. The average molecular weight is 286 g/mol. The van der Waals surface area contributed by atoms with Gasteiger partial charge in [-0.15, -0.1) is 0 Å². The lowest BCUT2D eigenvalue weighted by atomic mass is 10.1. The maximum Gasteiger partial charge on any atom is 0.138 e. The van der Waals surface area contributed by atoms with Crippen LogP contribution in [0.5, 0.6) is 0 Å². The van der Waals surface area contributed by atoms with Crippen LogP contribution in [0.1, 0.15) is 16.9 Å². The Morgan fingerprint density at radius 2 is 1.70 bits per heavy atom. The lowest BCUT2D eigenvalue weighted by Crippen LogP contribution is -1.79. The zero-order chi connectivity index (χ0) is 14.3. The van der Waals surface area contributed by atoms with Crippen LogP contribution in [0.25, 0.3) is 11.0 Å². The minimum Gasteiger partial charge on any atom is -0.460 e. The van der Waals surface area contributed by atoms with Gasteiger partial charge in [0, 0.05) is 10.3 Å². The largest absolute Gasteiger partial charge is 0.460 e. The second-order valence-corrected chi connectivity index (χ2v) is 6.09. The molecule has 102 valence electrons. The molecule has 0 atom stereocenters. The van der Waals surface area contributed by atoms with Crippen molar-refractivity contribution in [3.8, 4) is 0 Å². The summed E-state index contributed by atoms with van der Waals surface area (Å²) in [6.45, 7) is 6.12. The van der Waals surface area contributed by atoms with E-state index in [9.17, 15) is 4.39 Å². The van der Waals surface area contributed by atoms with E-state index in [0.29, 0.717) is 0 Å². The molecule has 0 aliphatic rings. The van der Waals surface area contributed by atoms with Crippen LogP contribution in [0.3, 0.4) is 0 Å². The Hall–Kier alpha value is -1.74. The summed E-state index contributed by atoms with van der Waals surface area (Å²) < 4.78 is 18.9. The molecule has 0 spiro atoms. The molecule has 0 fully saturated rings. The highest BCUT2D eigenvalue weighted by Gasteiger charge is 2.14. The summed E-state index contributed by atoms with van der Waals surface area (Å²) in [6.07, 6.45) is 0. The van der Waals surface area contributed by atoms with Gasteiger partial charge in [0.15, 0.2) is 0 Å². The highest BCUT2D eigenvalue weighted by molar-refractivity contribution is 7.99. The van der Waals surface area contributed by atoms with Gasteiger partial charge in [-0.2, -0.15) is 0 Å². The molecule has 0 unspecified atom stereocenters. The van der Waals surface area contributed by atoms with Crippen LogP contribution < -0.4 is 0 Å². The predicted molar refractivity (Wildman–Crippen MR) is 80.9 cm³/mol. The van der Waals surface area contributed by atoms with E-state index in [1.165, 1.54) is 17.7 Å². The maximum absolute atomic E-state index is 13.0. The molecule has 1 aromatic heterocycles. The fourth-order valence-corrected chi connectivity index (χ4v) is 3.35. The molecule has 0 radical (unpaired) electrons. The lowest BCUT2D eigenvalue weighted by molar-refractivity contribution is 0.566. The summed E-state index contributed by atoms with van der Waals surface area (Å²) in [5.74, 6) is 0.692. The number of halogens is 1. The van der Waals surface area contributed by atoms with Crippen LogP contribution in [-0.4, -0.2) is 0 Å². The second-order valence-electron chi connectivity index (χ2n) is 5.00. The van der Waals surface area contributed by atoms with Crippen molar-refractivity contribution >= 4 is 22.7 Å². The van der Waals surface area contributed by atoms with Crippen molar-refractivity contribution in [2.75, 3.05) is 0 Å². The number of benzene rings is 2. The Kier molecular flexibility index (Phi) is 3.30. The Morgan fingerprint density at radius 3 is 2.40 bits per heavy atom. The third-order valence-electron chi connectivity index (χ3n) is 3.27. The van der Waals surface area contributed by atoms with E-state index < -0.39 is 0 Å². The fraction of sp³-hybridized carbons (Fsp3) is 0.176. The van der Waals surface area contributed by atoms with E-state index in [2.05, 4.69) is 26.0 Å². The van der Waals surface area contributed by atoms with Gasteiger partial charge in [0.05, 0.1) is 4.90 Å². The Balaban J connectivity index is 2.11. The second kappa shape index (κ2) is 4.98. The van der Waals surface area contributed by atoms with E-state index in [-0.39, 0.29) is 5.82 Å². The molecule has 0 aliphatic carbocycles. The molecule has 1 heterocycles. The van der Waals surface area contributed by atoms with Crippen molar-refractivity contribution in [1.82, 2.24) is 0 Å². The van der Waals surface area contributed by atoms with Gasteiger partial charge in [-0.3, -0.25) is 0 Å². The molecule has 0 saturated carbocycles. The topological polar surface area (TPSA) is 13.1 Å². The number of aryl methyl sites for hydroxylation is 3. The first-order valence-electron chi connectivity index (χ1n) is 6.48. The monoisotopic (exact) mass is 286 g/mol. The zero-order valence-corrected chi connectivity index (χ0v) is 12.5. The summed E-state index contributed by atoms with van der Waals surface area (Å²) in [5.41, 5.74) is 3.31. The quantitative estimate of drug-likeness (QED) is 0.604. The third-order valence-corrected chi connectivity index (χ3v) is 4.49. The van der Waals surface area contributed by atoms with Gasteiger partial charge in [0.2, 0.25) is 0 Å². The molecule has 0 bridgehead atoms. The van der Waals surface area contributed by atoms with Crippen molar-refractivity contribution in [2.45, 2.75) is 30.6 Å². The van der Waals surface area contributed by atoms with Gasteiger partial charge in [-0.05, 0) is 62.2 Å². The molecule has 0 saturated heterocycles. The molecule has 20 heavy (non-hydrogen) atoms. The van der Waals surface area contributed by atoms with Crippen LogP contribution in [0.4, 0.5) is 4.39 Å². The highest BCUT2D eigenvalue weighted by atomic mass is 32.2. The first-order valence-corrected chi connectivity index (χ1v) is 7.30. The van der Waals surface area contributed by atoms with E-state index >= 15 is 0 Å². The fourth-order valence-electron chi connectivity index (χ4n) is 2.39. The van der Waals surface area contributed by atoms with Crippen molar-refractivity contribution in [2.24, 2.45) is 0 Å². The summed E-state index contributed by atoms with van der Waals surface area (Å²) in [4.78, 5) is 2.12. The van der Waals surface area contributed by atoms with Gasteiger partial charge in [0.1, 0.15) is 17.2 Å². The minimum absolute atomic E-state index is 0.213. The lowest BCUT2D eigenvalue weighted by Gasteiger charge is -2.02. The molecule has 3 rings (SSSR count). The zero-order valence-electron chi connectivity index (χ0n) is 11.7. The molecule has 2 aromatic carbocycles. The molecule has 3 aromatic rings. The predicted octanol–water partition coefficient (Wildman–Crippen LogP) is 5.65. The summed E-state index contributed by atoms with van der Waals surface area (Å²) in [7, 11) is 0. The van der Waals surface area contributed by atoms with Gasteiger partial charge in [-0.25, -0.2) is 4.39 Å². The van der Waals surface area contributed by atoms with Gasteiger partial charge in [0.25, 0.3) is 0 Å². The van der Waals surface area contributed by atoms with Crippen molar-refractivity contribution in [3.63, 3.8) is 0 Å². The van der Waals surface area contributed by atoms with E-state index in [4.69, 9.17) is 4.42 Å². The van der Waals surface area contributed by atoms with E-state index in [1.54, 1.807) is 23.9 Å². The number of fused-ring (bicyclic) bond motifs is 1. The average Bonchev–Trinajstić information content (AvgIpc) is 2.70. The van der Waals surface area contributed by atoms with E-state index in [0.717, 1.165) is 32.1 Å². The van der Waals surface area contributed by atoms with Gasteiger partial charge < -0.3 is 4.42 Å². The Morgan fingerprint density at radius 1 is 1.00 bits per heavy atom. The van der Waals surface area contributed by atoms with Crippen molar-refractivity contribution < 1.29 is 8.81 Å². The van der Waals surface area contributed by atoms with Gasteiger partial charge >= 0.3 is 0 Å². The molecule has 0 aliphatic heterocycles. The standard InChI is InChI=1S/C17H15FOS/c1-10-8-11(2)16-15(9-10)17(12(3)19-16)20-14-6-4-13(18)5-7-14/h4-9H,1-3H3. The molecule has 1 nitrogen and oxygen atoms in total.